The first-order valence-corrected chi connectivity index (χ1v) is 8.59. The number of nitrogens with zero attached hydrogens (tertiary/aromatic N) is 1. The lowest BCUT2D eigenvalue weighted by molar-refractivity contribution is 0.177. The SMILES string of the molecule is Nc1ccc(CO)cc1CN1CCC(Cc2ccc(F)cc2)CC1. The number of nitrogen functional groups attached to an aromatic ring is 1. The van der Waals surface area contributed by atoms with E-state index in [1.54, 1.807) is 12.1 Å². The third-order valence-electron chi connectivity index (χ3n) is 4.93. The van der Waals surface area contributed by atoms with Crippen molar-refractivity contribution in [2.45, 2.75) is 32.4 Å². The summed E-state index contributed by atoms with van der Waals surface area (Å²) in [4.78, 5) is 2.42. The van der Waals surface area contributed by atoms with Crippen molar-refractivity contribution in [2.75, 3.05) is 18.8 Å². The molecule has 0 radical (unpaired) electrons. The molecule has 0 aromatic heterocycles. The third-order valence-corrected chi connectivity index (χ3v) is 4.93. The summed E-state index contributed by atoms with van der Waals surface area (Å²) < 4.78 is 13.0. The third kappa shape index (κ3) is 4.34. The van der Waals surface area contributed by atoms with Gasteiger partial charge in [0.1, 0.15) is 5.82 Å². The van der Waals surface area contributed by atoms with Crippen LogP contribution in [0.2, 0.25) is 0 Å². The van der Waals surface area contributed by atoms with Gasteiger partial charge in [0.05, 0.1) is 6.61 Å². The predicted molar refractivity (Wildman–Crippen MR) is 94.9 cm³/mol. The highest BCUT2D eigenvalue weighted by Crippen LogP contribution is 2.24. The molecule has 3 N–H and O–H groups in total. The summed E-state index contributed by atoms with van der Waals surface area (Å²) in [6.45, 7) is 2.99. The molecule has 0 amide bonds. The smallest absolute Gasteiger partial charge is 0.123 e. The fourth-order valence-corrected chi connectivity index (χ4v) is 3.44. The average Bonchev–Trinajstić information content (AvgIpc) is 2.60. The molecule has 1 aliphatic heterocycles. The van der Waals surface area contributed by atoms with Crippen LogP contribution in [-0.4, -0.2) is 23.1 Å². The van der Waals surface area contributed by atoms with Gasteiger partial charge in [-0.1, -0.05) is 24.3 Å². The lowest BCUT2D eigenvalue weighted by atomic mass is 9.90. The maximum atomic E-state index is 13.0. The van der Waals surface area contributed by atoms with Gasteiger partial charge in [-0.2, -0.15) is 0 Å². The normalized spacial score (nSPS) is 16.4. The topological polar surface area (TPSA) is 49.5 Å². The Hall–Kier alpha value is -1.91. The van der Waals surface area contributed by atoms with Crippen LogP contribution in [0.4, 0.5) is 10.1 Å². The van der Waals surface area contributed by atoms with Gasteiger partial charge in [-0.3, -0.25) is 4.90 Å². The molecule has 3 rings (SSSR count). The second kappa shape index (κ2) is 7.77. The van der Waals surface area contributed by atoms with Crippen molar-refractivity contribution in [1.82, 2.24) is 4.90 Å². The summed E-state index contributed by atoms with van der Waals surface area (Å²) >= 11 is 0. The Kier molecular flexibility index (Phi) is 5.48. The average molecular weight is 328 g/mol. The van der Waals surface area contributed by atoms with Crippen molar-refractivity contribution < 1.29 is 9.50 Å². The van der Waals surface area contributed by atoms with Crippen molar-refractivity contribution in [1.29, 1.82) is 0 Å². The first-order chi connectivity index (χ1) is 11.6. The molecule has 4 heteroatoms. The highest BCUT2D eigenvalue weighted by molar-refractivity contribution is 5.48. The number of halogens is 1. The van der Waals surface area contributed by atoms with E-state index < -0.39 is 0 Å². The van der Waals surface area contributed by atoms with E-state index in [4.69, 9.17) is 5.73 Å². The zero-order valence-electron chi connectivity index (χ0n) is 13.9. The van der Waals surface area contributed by atoms with Gasteiger partial charge < -0.3 is 10.8 Å². The van der Waals surface area contributed by atoms with Crippen molar-refractivity contribution in [3.05, 3.63) is 65.0 Å². The fraction of sp³-hybridized carbons (Fsp3) is 0.400. The Morgan fingerprint density at radius 2 is 1.71 bits per heavy atom. The lowest BCUT2D eigenvalue weighted by Gasteiger charge is -2.32. The zero-order chi connectivity index (χ0) is 16.9. The quantitative estimate of drug-likeness (QED) is 0.828. The summed E-state index contributed by atoms with van der Waals surface area (Å²) in [7, 11) is 0. The maximum absolute atomic E-state index is 13.0. The Bertz CT molecular complexity index is 664. The lowest BCUT2D eigenvalue weighted by Crippen LogP contribution is -2.34. The molecule has 2 aromatic rings. The molecule has 1 fully saturated rings. The standard InChI is InChI=1S/C20H25FN2O/c21-19-4-1-15(2-5-19)11-16-7-9-23(10-8-16)13-18-12-17(14-24)3-6-20(18)22/h1-6,12,16,24H,7-11,13-14,22H2. The van der Waals surface area contributed by atoms with Crippen LogP contribution in [0.25, 0.3) is 0 Å². The fourth-order valence-electron chi connectivity index (χ4n) is 3.44. The van der Waals surface area contributed by atoms with Gasteiger partial charge in [-0.05, 0) is 73.2 Å². The number of hydrogen-bond donors (Lipinski definition) is 2. The Balaban J connectivity index is 1.52. The predicted octanol–water partition coefficient (Wildman–Crippen LogP) is 3.35. The summed E-state index contributed by atoms with van der Waals surface area (Å²) in [5.74, 6) is 0.490. The van der Waals surface area contributed by atoms with E-state index in [-0.39, 0.29) is 12.4 Å². The summed E-state index contributed by atoms with van der Waals surface area (Å²) in [6, 6.07) is 12.6. The minimum atomic E-state index is -0.170. The number of aliphatic hydroxyl groups is 1. The van der Waals surface area contributed by atoms with Crippen molar-refractivity contribution in [3.8, 4) is 0 Å². The Morgan fingerprint density at radius 3 is 2.38 bits per heavy atom. The maximum Gasteiger partial charge on any atom is 0.123 e. The molecule has 0 aliphatic carbocycles. The van der Waals surface area contributed by atoms with E-state index >= 15 is 0 Å². The molecule has 0 saturated carbocycles. The molecule has 0 spiro atoms. The monoisotopic (exact) mass is 328 g/mol. The molecular weight excluding hydrogens is 303 g/mol. The van der Waals surface area contributed by atoms with Crippen LogP contribution < -0.4 is 5.73 Å². The summed E-state index contributed by atoms with van der Waals surface area (Å²) in [5.41, 5.74) is 10.1. The molecule has 1 aliphatic rings. The van der Waals surface area contributed by atoms with E-state index in [1.807, 2.05) is 30.3 Å². The van der Waals surface area contributed by atoms with Crippen LogP contribution in [0.5, 0.6) is 0 Å². The van der Waals surface area contributed by atoms with Crippen LogP contribution >= 0.6 is 0 Å². The molecular formula is C20H25FN2O. The Labute approximate surface area is 142 Å². The molecule has 3 nitrogen and oxygen atoms in total. The molecule has 128 valence electrons. The van der Waals surface area contributed by atoms with E-state index in [2.05, 4.69) is 4.90 Å². The minimum Gasteiger partial charge on any atom is -0.398 e. The number of nitrogens with two attached hydrogens (primary N) is 1. The minimum absolute atomic E-state index is 0.0486. The van der Waals surface area contributed by atoms with Crippen LogP contribution in [-0.2, 0) is 19.6 Å². The van der Waals surface area contributed by atoms with Crippen molar-refractivity contribution >= 4 is 5.69 Å². The first kappa shape index (κ1) is 16.9. The number of likely N-dealkylation sites (tertiary alicyclic amines) is 1. The second-order valence-corrected chi connectivity index (χ2v) is 6.74. The molecule has 0 atom stereocenters. The molecule has 2 aromatic carbocycles. The van der Waals surface area contributed by atoms with E-state index in [9.17, 15) is 9.50 Å². The van der Waals surface area contributed by atoms with Crippen LogP contribution in [0.1, 0.15) is 29.5 Å². The van der Waals surface area contributed by atoms with Gasteiger partial charge in [0.25, 0.3) is 0 Å². The molecule has 1 saturated heterocycles. The number of hydrogen-bond acceptors (Lipinski definition) is 3. The number of piperidine rings is 1. The Morgan fingerprint density at radius 1 is 1.04 bits per heavy atom. The van der Waals surface area contributed by atoms with E-state index in [1.165, 1.54) is 5.56 Å². The van der Waals surface area contributed by atoms with Gasteiger partial charge in [-0.15, -0.1) is 0 Å². The summed E-state index contributed by atoms with van der Waals surface area (Å²) in [6.07, 6.45) is 3.32. The number of benzene rings is 2. The van der Waals surface area contributed by atoms with Crippen LogP contribution in [0.3, 0.4) is 0 Å². The van der Waals surface area contributed by atoms with Gasteiger partial charge in [0, 0.05) is 12.2 Å². The van der Waals surface area contributed by atoms with Gasteiger partial charge in [-0.25, -0.2) is 4.39 Å². The van der Waals surface area contributed by atoms with E-state index in [0.717, 1.165) is 55.7 Å². The number of rotatable bonds is 5. The zero-order valence-corrected chi connectivity index (χ0v) is 13.9. The van der Waals surface area contributed by atoms with Crippen molar-refractivity contribution in [2.24, 2.45) is 5.92 Å². The largest absolute Gasteiger partial charge is 0.398 e. The molecule has 0 unspecified atom stereocenters. The second-order valence-electron chi connectivity index (χ2n) is 6.74. The highest BCUT2D eigenvalue weighted by Gasteiger charge is 2.20. The number of anilines is 1. The number of aliphatic hydroxyl groups excluding tert-OH is 1. The van der Waals surface area contributed by atoms with Gasteiger partial charge in [0.2, 0.25) is 0 Å². The highest BCUT2D eigenvalue weighted by atomic mass is 19.1. The van der Waals surface area contributed by atoms with Gasteiger partial charge >= 0.3 is 0 Å². The van der Waals surface area contributed by atoms with Crippen LogP contribution in [0.15, 0.2) is 42.5 Å². The van der Waals surface area contributed by atoms with E-state index in [0.29, 0.717) is 5.92 Å². The molecule has 1 heterocycles. The first-order valence-electron chi connectivity index (χ1n) is 8.59. The molecule has 0 bridgehead atoms. The van der Waals surface area contributed by atoms with Crippen molar-refractivity contribution in [3.63, 3.8) is 0 Å². The summed E-state index contributed by atoms with van der Waals surface area (Å²) in [5, 5.41) is 9.27. The molecule has 24 heavy (non-hydrogen) atoms. The van der Waals surface area contributed by atoms with Crippen LogP contribution in [0, 0.1) is 11.7 Å². The van der Waals surface area contributed by atoms with Gasteiger partial charge in [0.15, 0.2) is 0 Å².